The van der Waals surface area contributed by atoms with E-state index in [-0.39, 0.29) is 5.91 Å². The molecule has 100 valence electrons. The van der Waals surface area contributed by atoms with Crippen molar-refractivity contribution in [2.45, 2.75) is 6.42 Å². The van der Waals surface area contributed by atoms with Crippen LogP contribution in [0.15, 0.2) is 39.5 Å². The highest BCUT2D eigenvalue weighted by Crippen LogP contribution is 2.22. The molecule has 0 atom stereocenters. The van der Waals surface area contributed by atoms with Crippen LogP contribution in [0.5, 0.6) is 0 Å². The summed E-state index contributed by atoms with van der Waals surface area (Å²) in [6, 6.07) is 9.59. The molecule has 0 fully saturated rings. The van der Waals surface area contributed by atoms with Crippen LogP contribution in [0.4, 0.5) is 5.69 Å². The summed E-state index contributed by atoms with van der Waals surface area (Å²) in [7, 11) is 1.67. The number of anilines is 1. The molecule has 1 heterocycles. The summed E-state index contributed by atoms with van der Waals surface area (Å²) in [5.74, 6) is -0.0909. The maximum absolute atomic E-state index is 12.1. The van der Waals surface area contributed by atoms with Crippen LogP contribution in [0.1, 0.15) is 15.9 Å². The number of methoxy groups -OCH3 is 1. The number of halogens is 1. The van der Waals surface area contributed by atoms with E-state index in [1.165, 1.54) is 11.3 Å². The second kappa shape index (κ2) is 6.84. The van der Waals surface area contributed by atoms with Gasteiger partial charge in [-0.2, -0.15) is 0 Å². The molecule has 0 radical (unpaired) electrons. The highest BCUT2D eigenvalue weighted by molar-refractivity contribution is 9.11. The lowest BCUT2D eigenvalue weighted by Gasteiger charge is -2.10. The van der Waals surface area contributed by atoms with Crippen LogP contribution in [0, 0.1) is 0 Å². The number of carbonyl (C=O) groups is 1. The van der Waals surface area contributed by atoms with E-state index in [0.29, 0.717) is 12.2 Å². The van der Waals surface area contributed by atoms with Crippen molar-refractivity contribution < 1.29 is 9.53 Å². The lowest BCUT2D eigenvalue weighted by atomic mass is 10.1. The number of carbonyl (C=O) groups excluding carboxylic acids is 1. The summed E-state index contributed by atoms with van der Waals surface area (Å²) in [4.78, 5) is 12.1. The van der Waals surface area contributed by atoms with Crippen LogP contribution >= 0.6 is 27.3 Å². The molecule has 0 aliphatic carbocycles. The summed E-state index contributed by atoms with van der Waals surface area (Å²) in [6.07, 6.45) is 0.778. The topological polar surface area (TPSA) is 38.3 Å². The molecular weight excluding hydrogens is 326 g/mol. The van der Waals surface area contributed by atoms with Gasteiger partial charge in [-0.1, -0.05) is 18.2 Å². The van der Waals surface area contributed by atoms with Gasteiger partial charge in [0, 0.05) is 18.2 Å². The number of ether oxygens (including phenoxy) is 1. The minimum atomic E-state index is -0.0909. The molecule has 0 aliphatic heterocycles. The molecule has 0 unspecified atom stereocenters. The first-order chi connectivity index (χ1) is 9.20. The van der Waals surface area contributed by atoms with Crippen molar-refractivity contribution in [1.82, 2.24) is 0 Å². The summed E-state index contributed by atoms with van der Waals surface area (Å²) < 4.78 is 6.03. The molecule has 1 N–H and O–H groups in total. The third-order valence-corrected chi connectivity index (χ3v) is 4.18. The first-order valence-electron chi connectivity index (χ1n) is 5.83. The van der Waals surface area contributed by atoms with Gasteiger partial charge in [-0.25, -0.2) is 0 Å². The Kier molecular flexibility index (Phi) is 5.13. The predicted molar refractivity (Wildman–Crippen MR) is 82.0 cm³/mol. The zero-order valence-electron chi connectivity index (χ0n) is 10.5. The van der Waals surface area contributed by atoms with E-state index in [4.69, 9.17) is 4.74 Å². The summed E-state index contributed by atoms with van der Waals surface area (Å²) in [5.41, 5.74) is 2.58. The van der Waals surface area contributed by atoms with Crippen molar-refractivity contribution in [3.8, 4) is 0 Å². The number of para-hydroxylation sites is 1. The zero-order chi connectivity index (χ0) is 13.7. The second-order valence-electron chi connectivity index (χ2n) is 3.99. The van der Waals surface area contributed by atoms with Gasteiger partial charge in [0.1, 0.15) is 0 Å². The Balaban J connectivity index is 2.12. The molecule has 0 aliphatic rings. The van der Waals surface area contributed by atoms with E-state index in [9.17, 15) is 4.79 Å². The molecule has 3 nitrogen and oxygen atoms in total. The number of hydrogen-bond acceptors (Lipinski definition) is 3. The van der Waals surface area contributed by atoms with Gasteiger partial charge in [0.05, 0.1) is 16.0 Å². The van der Waals surface area contributed by atoms with E-state index < -0.39 is 0 Å². The second-order valence-corrected chi connectivity index (χ2v) is 6.28. The normalized spacial score (nSPS) is 10.4. The number of amides is 1. The van der Waals surface area contributed by atoms with Crippen LogP contribution in [0.2, 0.25) is 0 Å². The van der Waals surface area contributed by atoms with E-state index in [0.717, 1.165) is 21.5 Å². The van der Waals surface area contributed by atoms with Gasteiger partial charge in [0.25, 0.3) is 5.91 Å². The standard InChI is InChI=1S/C14H14BrNO2S/c1-18-7-6-10-4-2-3-5-12(10)16-14(17)11-8-13(15)19-9-11/h2-5,8-9H,6-7H2,1H3,(H,16,17). The number of thiophene rings is 1. The Morgan fingerprint density at radius 3 is 2.89 bits per heavy atom. The Labute approximate surface area is 124 Å². The third-order valence-electron chi connectivity index (χ3n) is 2.67. The fourth-order valence-corrected chi connectivity index (χ4v) is 2.83. The van der Waals surface area contributed by atoms with Gasteiger partial charge >= 0.3 is 0 Å². The van der Waals surface area contributed by atoms with Crippen LogP contribution in [-0.2, 0) is 11.2 Å². The van der Waals surface area contributed by atoms with E-state index in [1.54, 1.807) is 7.11 Å². The molecule has 0 saturated carbocycles. The Morgan fingerprint density at radius 1 is 1.42 bits per heavy atom. The van der Waals surface area contributed by atoms with Gasteiger partial charge in [0.2, 0.25) is 0 Å². The van der Waals surface area contributed by atoms with Gasteiger partial charge in [-0.05, 0) is 40.0 Å². The number of rotatable bonds is 5. The lowest BCUT2D eigenvalue weighted by molar-refractivity contribution is 0.102. The van der Waals surface area contributed by atoms with Crippen molar-refractivity contribution >= 4 is 38.9 Å². The molecule has 5 heteroatoms. The molecule has 1 amide bonds. The van der Waals surface area contributed by atoms with Crippen molar-refractivity contribution in [3.05, 3.63) is 50.6 Å². The monoisotopic (exact) mass is 339 g/mol. The molecule has 1 aromatic heterocycles. The smallest absolute Gasteiger partial charge is 0.256 e. The molecule has 0 bridgehead atoms. The van der Waals surface area contributed by atoms with Crippen LogP contribution in [0.3, 0.4) is 0 Å². The summed E-state index contributed by atoms with van der Waals surface area (Å²) in [6.45, 7) is 0.636. The number of hydrogen-bond donors (Lipinski definition) is 1. The fourth-order valence-electron chi connectivity index (χ4n) is 1.70. The number of nitrogens with one attached hydrogen (secondary N) is 1. The largest absolute Gasteiger partial charge is 0.384 e. The molecule has 2 rings (SSSR count). The summed E-state index contributed by atoms with van der Waals surface area (Å²) >= 11 is 4.85. The first-order valence-corrected chi connectivity index (χ1v) is 7.50. The highest BCUT2D eigenvalue weighted by Gasteiger charge is 2.10. The average molecular weight is 340 g/mol. The fraction of sp³-hybridized carbons (Fsp3) is 0.214. The molecule has 19 heavy (non-hydrogen) atoms. The molecule has 0 spiro atoms. The third kappa shape index (κ3) is 3.89. The Bertz CT molecular complexity index is 568. The summed E-state index contributed by atoms with van der Waals surface area (Å²) in [5, 5.41) is 4.77. The van der Waals surface area contributed by atoms with E-state index in [1.807, 2.05) is 35.7 Å². The molecule has 0 saturated heterocycles. The first kappa shape index (κ1) is 14.2. The van der Waals surface area contributed by atoms with Crippen LogP contribution in [-0.4, -0.2) is 19.6 Å². The average Bonchev–Trinajstić information content (AvgIpc) is 2.84. The predicted octanol–water partition coefficient (Wildman–Crippen LogP) is 3.95. The Hall–Kier alpha value is -1.17. The molecular formula is C14H14BrNO2S. The minimum Gasteiger partial charge on any atom is -0.384 e. The SMILES string of the molecule is COCCc1ccccc1NC(=O)c1csc(Br)c1. The van der Waals surface area contributed by atoms with Gasteiger partial charge in [-0.3, -0.25) is 4.79 Å². The highest BCUT2D eigenvalue weighted by atomic mass is 79.9. The van der Waals surface area contributed by atoms with Crippen LogP contribution < -0.4 is 5.32 Å². The van der Waals surface area contributed by atoms with E-state index in [2.05, 4.69) is 21.2 Å². The van der Waals surface area contributed by atoms with Crippen molar-refractivity contribution in [3.63, 3.8) is 0 Å². The van der Waals surface area contributed by atoms with Gasteiger partial charge < -0.3 is 10.1 Å². The van der Waals surface area contributed by atoms with Crippen molar-refractivity contribution in [2.24, 2.45) is 0 Å². The van der Waals surface area contributed by atoms with Gasteiger partial charge in [-0.15, -0.1) is 11.3 Å². The zero-order valence-corrected chi connectivity index (χ0v) is 12.9. The molecule has 1 aromatic carbocycles. The minimum absolute atomic E-state index is 0.0909. The maximum Gasteiger partial charge on any atom is 0.256 e. The maximum atomic E-state index is 12.1. The Morgan fingerprint density at radius 2 is 2.21 bits per heavy atom. The van der Waals surface area contributed by atoms with Crippen molar-refractivity contribution in [1.29, 1.82) is 0 Å². The van der Waals surface area contributed by atoms with E-state index >= 15 is 0 Å². The molecule has 2 aromatic rings. The van der Waals surface area contributed by atoms with Gasteiger partial charge in [0.15, 0.2) is 0 Å². The quantitative estimate of drug-likeness (QED) is 0.895. The number of benzene rings is 1. The van der Waals surface area contributed by atoms with Crippen LogP contribution in [0.25, 0.3) is 0 Å². The van der Waals surface area contributed by atoms with Crippen molar-refractivity contribution in [2.75, 3.05) is 19.0 Å². The lowest BCUT2D eigenvalue weighted by Crippen LogP contribution is -2.12.